The zero-order valence-corrected chi connectivity index (χ0v) is 13.2. The summed E-state index contributed by atoms with van der Waals surface area (Å²) in [5.41, 5.74) is 0.670. The second-order valence-electron chi connectivity index (χ2n) is 5.93. The standard InChI is InChI=1S/C17H21N3O2/c1-12(15-5-4-10-22-15)20(14-6-7-14)17(21)13-8-9-18-16(11-13)19(2)3/h4-5,8-12,14H,6-7H2,1-3H3. The Kier molecular flexibility index (Phi) is 3.88. The number of hydrogen-bond acceptors (Lipinski definition) is 4. The van der Waals surface area contributed by atoms with Crippen molar-refractivity contribution in [2.24, 2.45) is 0 Å². The molecule has 0 radical (unpaired) electrons. The Hall–Kier alpha value is -2.30. The Bertz CT molecular complexity index is 648. The predicted molar refractivity (Wildman–Crippen MR) is 84.9 cm³/mol. The number of anilines is 1. The highest BCUT2D eigenvalue weighted by Crippen LogP contribution is 2.35. The molecular formula is C17H21N3O2. The van der Waals surface area contributed by atoms with Crippen LogP contribution in [-0.2, 0) is 0 Å². The fourth-order valence-electron chi connectivity index (χ4n) is 2.62. The van der Waals surface area contributed by atoms with Gasteiger partial charge < -0.3 is 14.2 Å². The first kappa shape index (κ1) is 14.6. The van der Waals surface area contributed by atoms with E-state index in [0.717, 1.165) is 24.4 Å². The molecule has 1 aliphatic carbocycles. The summed E-state index contributed by atoms with van der Waals surface area (Å²) in [6.07, 6.45) is 5.45. The summed E-state index contributed by atoms with van der Waals surface area (Å²) in [6.45, 7) is 2.02. The van der Waals surface area contributed by atoms with Gasteiger partial charge in [0.15, 0.2) is 0 Å². The van der Waals surface area contributed by atoms with Gasteiger partial charge in [-0.25, -0.2) is 4.98 Å². The van der Waals surface area contributed by atoms with E-state index in [-0.39, 0.29) is 11.9 Å². The topological polar surface area (TPSA) is 49.6 Å². The number of nitrogens with zero attached hydrogens (tertiary/aromatic N) is 3. The number of rotatable bonds is 5. The molecule has 0 aliphatic heterocycles. The number of pyridine rings is 1. The highest BCUT2D eigenvalue weighted by molar-refractivity contribution is 5.95. The Morgan fingerprint density at radius 1 is 1.36 bits per heavy atom. The van der Waals surface area contributed by atoms with Gasteiger partial charge in [-0.1, -0.05) is 0 Å². The summed E-state index contributed by atoms with van der Waals surface area (Å²) in [6, 6.07) is 7.64. The van der Waals surface area contributed by atoms with Crippen molar-refractivity contribution < 1.29 is 9.21 Å². The van der Waals surface area contributed by atoms with Crippen molar-refractivity contribution in [2.75, 3.05) is 19.0 Å². The Morgan fingerprint density at radius 2 is 2.14 bits per heavy atom. The first-order valence-corrected chi connectivity index (χ1v) is 7.57. The van der Waals surface area contributed by atoms with E-state index in [0.29, 0.717) is 11.6 Å². The van der Waals surface area contributed by atoms with Crippen LogP contribution in [0.25, 0.3) is 0 Å². The quantitative estimate of drug-likeness (QED) is 0.851. The van der Waals surface area contributed by atoms with Crippen LogP contribution in [0.1, 0.15) is 41.9 Å². The van der Waals surface area contributed by atoms with Gasteiger partial charge in [0.25, 0.3) is 5.91 Å². The normalized spacial score (nSPS) is 15.4. The van der Waals surface area contributed by atoms with Crippen molar-refractivity contribution in [1.82, 2.24) is 9.88 Å². The molecule has 5 nitrogen and oxygen atoms in total. The molecule has 3 rings (SSSR count). The van der Waals surface area contributed by atoms with Gasteiger partial charge in [-0.05, 0) is 44.0 Å². The largest absolute Gasteiger partial charge is 0.467 e. The first-order valence-electron chi connectivity index (χ1n) is 7.57. The highest BCUT2D eigenvalue weighted by Gasteiger charge is 2.37. The molecule has 0 N–H and O–H groups in total. The third-order valence-corrected chi connectivity index (χ3v) is 4.00. The molecule has 1 fully saturated rings. The van der Waals surface area contributed by atoms with E-state index in [1.165, 1.54) is 0 Å². The van der Waals surface area contributed by atoms with E-state index < -0.39 is 0 Å². The van der Waals surface area contributed by atoms with Crippen LogP contribution in [0.2, 0.25) is 0 Å². The number of carbonyl (C=O) groups is 1. The molecule has 0 aromatic carbocycles. The second-order valence-corrected chi connectivity index (χ2v) is 5.93. The average molecular weight is 299 g/mol. The molecule has 1 atom stereocenters. The summed E-state index contributed by atoms with van der Waals surface area (Å²) in [5.74, 6) is 1.64. The van der Waals surface area contributed by atoms with Gasteiger partial charge >= 0.3 is 0 Å². The van der Waals surface area contributed by atoms with Gasteiger partial charge in [-0.15, -0.1) is 0 Å². The lowest BCUT2D eigenvalue weighted by Crippen LogP contribution is -2.35. The molecule has 2 aromatic rings. The fraction of sp³-hybridized carbons (Fsp3) is 0.412. The van der Waals surface area contributed by atoms with Crippen molar-refractivity contribution >= 4 is 11.7 Å². The van der Waals surface area contributed by atoms with Crippen LogP contribution in [0.4, 0.5) is 5.82 Å². The summed E-state index contributed by atoms with van der Waals surface area (Å²) in [5, 5.41) is 0. The summed E-state index contributed by atoms with van der Waals surface area (Å²) in [4.78, 5) is 21.1. The Balaban J connectivity index is 1.88. The van der Waals surface area contributed by atoms with Crippen LogP contribution in [0, 0.1) is 0 Å². The third-order valence-electron chi connectivity index (χ3n) is 4.00. The first-order chi connectivity index (χ1) is 10.6. The molecule has 2 heterocycles. The van der Waals surface area contributed by atoms with E-state index in [1.54, 1.807) is 18.5 Å². The Morgan fingerprint density at radius 3 is 2.73 bits per heavy atom. The van der Waals surface area contributed by atoms with E-state index in [2.05, 4.69) is 4.98 Å². The van der Waals surface area contributed by atoms with Gasteiger partial charge in [0.2, 0.25) is 0 Å². The summed E-state index contributed by atoms with van der Waals surface area (Å²) in [7, 11) is 3.83. The van der Waals surface area contributed by atoms with E-state index in [4.69, 9.17) is 4.42 Å². The lowest BCUT2D eigenvalue weighted by atomic mass is 10.1. The van der Waals surface area contributed by atoms with Crippen molar-refractivity contribution in [3.8, 4) is 0 Å². The Labute approximate surface area is 130 Å². The molecule has 1 unspecified atom stereocenters. The maximum Gasteiger partial charge on any atom is 0.254 e. The van der Waals surface area contributed by atoms with Crippen LogP contribution in [0.5, 0.6) is 0 Å². The van der Waals surface area contributed by atoms with Crippen LogP contribution >= 0.6 is 0 Å². The maximum absolute atomic E-state index is 13.0. The van der Waals surface area contributed by atoms with Gasteiger partial charge in [-0.3, -0.25) is 4.79 Å². The number of amides is 1. The minimum absolute atomic E-state index is 0.0388. The minimum atomic E-state index is -0.0639. The number of carbonyl (C=O) groups excluding carboxylic acids is 1. The molecule has 22 heavy (non-hydrogen) atoms. The van der Waals surface area contributed by atoms with Crippen molar-refractivity contribution in [3.63, 3.8) is 0 Å². The lowest BCUT2D eigenvalue weighted by Gasteiger charge is -2.28. The zero-order valence-electron chi connectivity index (χ0n) is 13.2. The molecule has 0 spiro atoms. The smallest absolute Gasteiger partial charge is 0.254 e. The summed E-state index contributed by atoms with van der Waals surface area (Å²) < 4.78 is 5.49. The number of furan rings is 1. The van der Waals surface area contributed by atoms with Gasteiger partial charge in [-0.2, -0.15) is 0 Å². The van der Waals surface area contributed by atoms with Crippen LogP contribution in [0.15, 0.2) is 41.1 Å². The molecule has 5 heteroatoms. The molecule has 2 aromatic heterocycles. The van der Waals surface area contributed by atoms with Crippen LogP contribution in [-0.4, -0.2) is 35.9 Å². The SMILES string of the molecule is CC(c1ccco1)N(C(=O)c1ccnc(N(C)C)c1)C1CC1. The average Bonchev–Trinajstić information content (AvgIpc) is 3.19. The van der Waals surface area contributed by atoms with Gasteiger partial charge in [0.05, 0.1) is 12.3 Å². The second kappa shape index (κ2) is 5.83. The highest BCUT2D eigenvalue weighted by atomic mass is 16.3. The van der Waals surface area contributed by atoms with E-state index in [1.807, 2.05) is 49.0 Å². The van der Waals surface area contributed by atoms with Crippen molar-refractivity contribution in [3.05, 3.63) is 48.0 Å². The zero-order chi connectivity index (χ0) is 15.7. The van der Waals surface area contributed by atoms with Crippen molar-refractivity contribution in [2.45, 2.75) is 31.8 Å². The molecule has 1 aliphatic rings. The van der Waals surface area contributed by atoms with Crippen molar-refractivity contribution in [1.29, 1.82) is 0 Å². The minimum Gasteiger partial charge on any atom is -0.467 e. The predicted octanol–water partition coefficient (Wildman–Crippen LogP) is 3.11. The molecule has 0 saturated heterocycles. The molecule has 116 valence electrons. The van der Waals surface area contributed by atoms with Gasteiger partial charge in [0, 0.05) is 31.9 Å². The number of hydrogen-bond donors (Lipinski definition) is 0. The third kappa shape index (κ3) is 2.84. The van der Waals surface area contributed by atoms with E-state index >= 15 is 0 Å². The molecule has 1 amide bonds. The van der Waals surface area contributed by atoms with Gasteiger partial charge in [0.1, 0.15) is 11.6 Å². The monoisotopic (exact) mass is 299 g/mol. The number of aromatic nitrogens is 1. The molecular weight excluding hydrogens is 278 g/mol. The fourth-order valence-corrected chi connectivity index (χ4v) is 2.62. The van der Waals surface area contributed by atoms with Crippen LogP contribution in [0.3, 0.4) is 0 Å². The molecule has 1 saturated carbocycles. The lowest BCUT2D eigenvalue weighted by molar-refractivity contribution is 0.0652. The van der Waals surface area contributed by atoms with E-state index in [9.17, 15) is 4.79 Å². The van der Waals surface area contributed by atoms with Crippen LogP contribution < -0.4 is 4.90 Å². The maximum atomic E-state index is 13.0. The molecule has 0 bridgehead atoms. The summed E-state index contributed by atoms with van der Waals surface area (Å²) >= 11 is 0.